The molecule has 0 radical (unpaired) electrons. The van der Waals surface area contributed by atoms with E-state index in [0.717, 1.165) is 6.42 Å². The average Bonchev–Trinajstić information content (AvgIpc) is 2.33. The molecular weight excluding hydrogens is 172 g/mol. The summed E-state index contributed by atoms with van der Waals surface area (Å²) in [4.78, 5) is 11.1. The maximum atomic E-state index is 11.1. The third-order valence-corrected chi connectivity index (χ3v) is 2.94. The Morgan fingerprint density at radius 1 is 1.17 bits per heavy atom. The van der Waals surface area contributed by atoms with Crippen LogP contribution in [0.15, 0.2) is 0 Å². The van der Waals surface area contributed by atoms with Gasteiger partial charge in [-0.25, -0.2) is 0 Å². The number of hydrogen-bond acceptors (Lipinski definition) is 1. The molecule has 0 aromatic rings. The minimum Gasteiger partial charge on any atom is -0.298 e. The zero-order chi connectivity index (χ0) is 8.81. The van der Waals surface area contributed by atoms with E-state index in [9.17, 15) is 4.79 Å². The van der Waals surface area contributed by atoms with Gasteiger partial charge < -0.3 is 0 Å². The number of alkyl halides is 1. The van der Waals surface area contributed by atoms with Gasteiger partial charge in [-0.1, -0.05) is 38.5 Å². The molecule has 0 heterocycles. The van der Waals surface area contributed by atoms with Crippen molar-refractivity contribution in [1.29, 1.82) is 0 Å². The fraction of sp³-hybridized carbons (Fsp3) is 0.900. The van der Waals surface area contributed by atoms with Crippen molar-refractivity contribution in [2.75, 3.05) is 5.88 Å². The normalized spacial score (nSPS) is 20.4. The monoisotopic (exact) mass is 188 g/mol. The highest BCUT2D eigenvalue weighted by Crippen LogP contribution is 2.25. The number of rotatable bonds is 3. The summed E-state index contributed by atoms with van der Waals surface area (Å²) >= 11 is 5.46. The van der Waals surface area contributed by atoms with Crippen LogP contribution in [0.2, 0.25) is 0 Å². The highest BCUT2D eigenvalue weighted by molar-refractivity contribution is 6.27. The lowest BCUT2D eigenvalue weighted by Crippen LogP contribution is -2.08. The lowest BCUT2D eigenvalue weighted by Gasteiger charge is -2.11. The first-order valence-electron chi connectivity index (χ1n) is 4.90. The summed E-state index contributed by atoms with van der Waals surface area (Å²) < 4.78 is 0. The Labute approximate surface area is 79.5 Å². The minimum atomic E-state index is 0.205. The molecule has 1 saturated carbocycles. The average molecular weight is 189 g/mol. The summed E-state index contributed by atoms with van der Waals surface area (Å²) in [5.41, 5.74) is 0. The van der Waals surface area contributed by atoms with Crippen LogP contribution in [0.4, 0.5) is 0 Å². The largest absolute Gasteiger partial charge is 0.298 e. The van der Waals surface area contributed by atoms with Crippen LogP contribution in [0.3, 0.4) is 0 Å². The van der Waals surface area contributed by atoms with Gasteiger partial charge in [0.15, 0.2) is 0 Å². The molecule has 0 aromatic carbocycles. The van der Waals surface area contributed by atoms with Gasteiger partial charge in [0, 0.05) is 6.42 Å². The molecule has 0 amide bonds. The second kappa shape index (κ2) is 5.58. The maximum Gasteiger partial charge on any atom is 0.147 e. The zero-order valence-corrected chi connectivity index (χ0v) is 8.28. The van der Waals surface area contributed by atoms with Crippen LogP contribution in [0, 0.1) is 5.92 Å². The quantitative estimate of drug-likeness (QED) is 0.491. The van der Waals surface area contributed by atoms with E-state index in [1.165, 1.54) is 38.5 Å². The van der Waals surface area contributed by atoms with Crippen LogP contribution >= 0.6 is 11.6 Å². The maximum absolute atomic E-state index is 11.1. The first-order valence-corrected chi connectivity index (χ1v) is 5.44. The highest BCUT2D eigenvalue weighted by atomic mass is 35.5. The number of halogens is 1. The molecule has 70 valence electrons. The van der Waals surface area contributed by atoms with Crippen molar-refractivity contribution in [3.05, 3.63) is 0 Å². The van der Waals surface area contributed by atoms with Crippen LogP contribution < -0.4 is 0 Å². The molecule has 0 unspecified atom stereocenters. The predicted molar refractivity (Wildman–Crippen MR) is 51.5 cm³/mol. The van der Waals surface area contributed by atoms with Gasteiger partial charge in [-0.15, -0.1) is 11.6 Å². The first-order chi connectivity index (χ1) is 5.83. The molecule has 0 spiro atoms. The molecule has 2 heteroatoms. The van der Waals surface area contributed by atoms with Crippen LogP contribution in [-0.4, -0.2) is 11.7 Å². The molecular formula is C10H17ClO. The molecule has 0 N–H and O–H groups in total. The number of carbonyl (C=O) groups excluding carboxylic acids is 1. The summed E-state index contributed by atoms with van der Waals surface area (Å²) in [6.45, 7) is 0. The van der Waals surface area contributed by atoms with Gasteiger partial charge in [0.2, 0.25) is 0 Å². The third kappa shape index (κ3) is 3.57. The minimum absolute atomic E-state index is 0.205. The first kappa shape index (κ1) is 10.0. The van der Waals surface area contributed by atoms with Crippen molar-refractivity contribution in [2.45, 2.75) is 44.9 Å². The van der Waals surface area contributed by atoms with Crippen molar-refractivity contribution >= 4 is 17.4 Å². The Bertz CT molecular complexity index is 137. The van der Waals surface area contributed by atoms with Crippen LogP contribution in [-0.2, 0) is 4.79 Å². The van der Waals surface area contributed by atoms with Crippen LogP contribution in [0.1, 0.15) is 44.9 Å². The summed E-state index contributed by atoms with van der Waals surface area (Å²) in [5, 5.41) is 0. The Morgan fingerprint density at radius 3 is 2.25 bits per heavy atom. The van der Waals surface area contributed by atoms with Crippen molar-refractivity contribution in [3.63, 3.8) is 0 Å². The number of carbonyl (C=O) groups is 1. The van der Waals surface area contributed by atoms with Crippen molar-refractivity contribution in [1.82, 2.24) is 0 Å². The van der Waals surface area contributed by atoms with Crippen LogP contribution in [0.5, 0.6) is 0 Å². The number of hydrogen-bond donors (Lipinski definition) is 0. The molecule has 0 aromatic heterocycles. The lowest BCUT2D eigenvalue weighted by molar-refractivity contribution is -0.117. The third-order valence-electron chi connectivity index (χ3n) is 2.64. The topological polar surface area (TPSA) is 17.1 Å². The van der Waals surface area contributed by atoms with E-state index in [1.807, 2.05) is 0 Å². The standard InChI is InChI=1S/C10H17ClO/c11-8-10(12)7-9-5-3-1-2-4-6-9/h9H,1-8H2. The van der Waals surface area contributed by atoms with Gasteiger partial charge in [-0.2, -0.15) is 0 Å². The summed E-state index contributed by atoms with van der Waals surface area (Å²) in [7, 11) is 0. The number of ketones is 1. The van der Waals surface area contributed by atoms with E-state index in [-0.39, 0.29) is 11.7 Å². The van der Waals surface area contributed by atoms with Gasteiger partial charge in [0.05, 0.1) is 5.88 Å². The van der Waals surface area contributed by atoms with E-state index in [2.05, 4.69) is 0 Å². The van der Waals surface area contributed by atoms with Crippen LogP contribution in [0.25, 0.3) is 0 Å². The van der Waals surface area contributed by atoms with Crippen molar-refractivity contribution < 1.29 is 4.79 Å². The van der Waals surface area contributed by atoms with Gasteiger partial charge in [-0.3, -0.25) is 4.79 Å². The summed E-state index contributed by atoms with van der Waals surface area (Å²) in [6.07, 6.45) is 8.52. The van der Waals surface area contributed by atoms with Crippen molar-refractivity contribution in [2.24, 2.45) is 5.92 Å². The Balaban J connectivity index is 2.24. The fourth-order valence-corrected chi connectivity index (χ4v) is 2.05. The van der Waals surface area contributed by atoms with Gasteiger partial charge in [0.25, 0.3) is 0 Å². The Hall–Kier alpha value is -0.0400. The van der Waals surface area contributed by atoms with E-state index in [4.69, 9.17) is 11.6 Å². The molecule has 12 heavy (non-hydrogen) atoms. The zero-order valence-electron chi connectivity index (χ0n) is 7.52. The molecule has 1 nitrogen and oxygen atoms in total. The predicted octanol–water partition coefficient (Wildman–Crippen LogP) is 3.15. The van der Waals surface area contributed by atoms with Gasteiger partial charge in [0.1, 0.15) is 5.78 Å². The van der Waals surface area contributed by atoms with E-state index >= 15 is 0 Å². The molecule has 1 rings (SSSR count). The highest BCUT2D eigenvalue weighted by Gasteiger charge is 2.14. The molecule has 1 aliphatic rings. The summed E-state index contributed by atoms with van der Waals surface area (Å²) in [5.74, 6) is 1.07. The lowest BCUT2D eigenvalue weighted by atomic mass is 9.95. The SMILES string of the molecule is O=C(CCl)CC1CCCCCC1. The van der Waals surface area contributed by atoms with Crippen molar-refractivity contribution in [3.8, 4) is 0 Å². The van der Waals surface area contributed by atoms with E-state index in [0.29, 0.717) is 5.92 Å². The molecule has 0 saturated heterocycles. The van der Waals surface area contributed by atoms with E-state index < -0.39 is 0 Å². The second-order valence-electron chi connectivity index (χ2n) is 3.73. The molecule has 0 bridgehead atoms. The number of Topliss-reactive ketones (excluding diaryl/α,β-unsaturated/α-hetero) is 1. The molecule has 0 atom stereocenters. The summed E-state index contributed by atoms with van der Waals surface area (Å²) in [6, 6.07) is 0. The Kier molecular flexibility index (Phi) is 4.67. The fourth-order valence-electron chi connectivity index (χ4n) is 1.94. The second-order valence-corrected chi connectivity index (χ2v) is 4.00. The molecule has 1 fully saturated rings. The van der Waals surface area contributed by atoms with Gasteiger partial charge >= 0.3 is 0 Å². The Morgan fingerprint density at radius 2 is 1.75 bits per heavy atom. The molecule has 0 aliphatic heterocycles. The molecule has 1 aliphatic carbocycles. The van der Waals surface area contributed by atoms with Gasteiger partial charge in [-0.05, 0) is 5.92 Å². The van der Waals surface area contributed by atoms with E-state index in [1.54, 1.807) is 0 Å². The smallest absolute Gasteiger partial charge is 0.147 e.